The lowest BCUT2D eigenvalue weighted by molar-refractivity contribution is -0.122. The van der Waals surface area contributed by atoms with Gasteiger partial charge in [0.15, 0.2) is 6.10 Å². The van der Waals surface area contributed by atoms with Crippen molar-refractivity contribution in [2.45, 2.75) is 37.2 Å². The van der Waals surface area contributed by atoms with Gasteiger partial charge in [0.05, 0.1) is 24.2 Å². The summed E-state index contributed by atoms with van der Waals surface area (Å²) in [7, 11) is -2.38. The zero-order valence-electron chi connectivity index (χ0n) is 21.9. The number of rotatable bonds is 6. The number of hydrogen-bond acceptors (Lipinski definition) is 8. The minimum atomic E-state index is -3.98. The number of fused-ring (bicyclic) bond motifs is 1. The summed E-state index contributed by atoms with van der Waals surface area (Å²) in [5.74, 6) is 0.507. The van der Waals surface area contributed by atoms with Crippen molar-refractivity contribution in [3.05, 3.63) is 78.4 Å². The van der Waals surface area contributed by atoms with Crippen LogP contribution in [0, 0.1) is 0 Å². The Morgan fingerprint density at radius 3 is 2.44 bits per heavy atom. The van der Waals surface area contributed by atoms with Gasteiger partial charge in [-0.05, 0) is 59.5 Å². The third-order valence-electron chi connectivity index (χ3n) is 6.31. The molecule has 11 heteroatoms. The number of hydrogen-bond donors (Lipinski definition) is 1. The zero-order chi connectivity index (χ0) is 27.8. The van der Waals surface area contributed by atoms with Gasteiger partial charge in [0, 0.05) is 5.56 Å². The maximum Gasteiger partial charge on any atom is 0.269 e. The summed E-state index contributed by atoms with van der Waals surface area (Å²) < 4.78 is 40.0. The van der Waals surface area contributed by atoms with E-state index in [2.05, 4.69) is 15.5 Å². The highest BCUT2D eigenvalue weighted by Crippen LogP contribution is 2.40. The largest absolute Gasteiger partial charge is 0.497 e. The molecular weight excluding hydrogens is 536 g/mol. The SMILES string of the molecule is COc1ccc(-c2nnc(NC(=O)[C@@H]3CN(S(=O)(=O)c4ccccc4)c4cc(C(C)(C)C)ccc4O3)s2)cc1. The highest BCUT2D eigenvalue weighted by Gasteiger charge is 2.38. The Hall–Kier alpha value is -3.96. The number of nitrogens with zero attached hydrogens (tertiary/aromatic N) is 3. The molecule has 1 atom stereocenters. The molecule has 0 radical (unpaired) electrons. The maximum atomic E-state index is 13.8. The molecule has 5 rings (SSSR count). The number of amides is 1. The first-order valence-corrected chi connectivity index (χ1v) is 14.5. The van der Waals surface area contributed by atoms with E-state index in [1.807, 2.05) is 57.2 Å². The molecule has 0 aliphatic carbocycles. The quantitative estimate of drug-likeness (QED) is 0.347. The molecule has 202 valence electrons. The second-order valence-corrected chi connectivity index (χ2v) is 12.9. The topological polar surface area (TPSA) is 111 Å². The first-order chi connectivity index (χ1) is 18.6. The number of ether oxygens (including phenoxy) is 2. The van der Waals surface area contributed by atoms with E-state index in [1.54, 1.807) is 31.4 Å². The number of methoxy groups -OCH3 is 1. The second kappa shape index (κ2) is 10.3. The highest BCUT2D eigenvalue weighted by molar-refractivity contribution is 7.92. The molecule has 1 N–H and O–H groups in total. The van der Waals surface area contributed by atoms with E-state index in [9.17, 15) is 13.2 Å². The number of carbonyl (C=O) groups is 1. The van der Waals surface area contributed by atoms with E-state index in [1.165, 1.54) is 27.8 Å². The van der Waals surface area contributed by atoms with Crippen molar-refractivity contribution in [1.29, 1.82) is 0 Å². The Balaban J connectivity index is 1.43. The number of sulfonamides is 1. The van der Waals surface area contributed by atoms with Crippen molar-refractivity contribution in [2.24, 2.45) is 0 Å². The Kier molecular flexibility index (Phi) is 7.04. The van der Waals surface area contributed by atoms with Gasteiger partial charge in [-0.3, -0.25) is 14.4 Å². The third kappa shape index (κ3) is 5.45. The predicted molar refractivity (Wildman–Crippen MR) is 151 cm³/mol. The van der Waals surface area contributed by atoms with Crippen LogP contribution in [0.2, 0.25) is 0 Å². The molecule has 2 heterocycles. The number of aromatic nitrogens is 2. The molecule has 4 aromatic rings. The van der Waals surface area contributed by atoms with Gasteiger partial charge < -0.3 is 9.47 Å². The fraction of sp³-hybridized carbons (Fsp3) is 0.250. The highest BCUT2D eigenvalue weighted by atomic mass is 32.2. The van der Waals surface area contributed by atoms with Gasteiger partial charge in [-0.15, -0.1) is 10.2 Å². The fourth-order valence-corrected chi connectivity index (χ4v) is 6.35. The zero-order valence-corrected chi connectivity index (χ0v) is 23.5. The first kappa shape index (κ1) is 26.6. The minimum Gasteiger partial charge on any atom is -0.497 e. The molecule has 0 spiro atoms. The molecule has 3 aromatic carbocycles. The van der Waals surface area contributed by atoms with Crippen LogP contribution in [0.25, 0.3) is 10.6 Å². The first-order valence-electron chi connectivity index (χ1n) is 12.2. The predicted octanol–water partition coefficient (Wildman–Crippen LogP) is 5.11. The molecule has 39 heavy (non-hydrogen) atoms. The summed E-state index contributed by atoms with van der Waals surface area (Å²) in [6, 6.07) is 20.9. The summed E-state index contributed by atoms with van der Waals surface area (Å²) in [5.41, 5.74) is 1.95. The molecule has 1 aliphatic heterocycles. The van der Waals surface area contributed by atoms with Crippen LogP contribution in [-0.4, -0.2) is 44.3 Å². The lowest BCUT2D eigenvalue weighted by Crippen LogP contribution is -2.49. The van der Waals surface area contributed by atoms with E-state index in [4.69, 9.17) is 9.47 Å². The van der Waals surface area contributed by atoms with E-state index >= 15 is 0 Å². The van der Waals surface area contributed by atoms with Crippen molar-refractivity contribution >= 4 is 38.1 Å². The lowest BCUT2D eigenvalue weighted by atomic mass is 9.86. The van der Waals surface area contributed by atoms with Gasteiger partial charge in [0.1, 0.15) is 16.5 Å². The van der Waals surface area contributed by atoms with Gasteiger partial charge in [-0.25, -0.2) is 8.42 Å². The molecule has 1 aliphatic rings. The minimum absolute atomic E-state index is 0.131. The van der Waals surface area contributed by atoms with E-state index < -0.39 is 22.0 Å². The number of carbonyl (C=O) groups excluding carboxylic acids is 1. The Morgan fingerprint density at radius 1 is 1.05 bits per heavy atom. The van der Waals surface area contributed by atoms with E-state index in [0.717, 1.165) is 16.9 Å². The van der Waals surface area contributed by atoms with E-state index in [-0.39, 0.29) is 22.0 Å². The second-order valence-electron chi connectivity index (χ2n) is 10.0. The summed E-state index contributed by atoms with van der Waals surface area (Å²) in [6.07, 6.45) is -1.11. The Bertz CT molecular complexity index is 1600. The van der Waals surface area contributed by atoms with Crippen LogP contribution in [0.3, 0.4) is 0 Å². The molecule has 0 unspecified atom stereocenters. The van der Waals surface area contributed by atoms with Crippen molar-refractivity contribution in [1.82, 2.24) is 10.2 Å². The Labute approximate surface area is 231 Å². The van der Waals surface area contributed by atoms with Crippen LogP contribution in [0.15, 0.2) is 77.7 Å². The molecule has 0 fully saturated rings. The van der Waals surface area contributed by atoms with Crippen LogP contribution in [0.4, 0.5) is 10.8 Å². The molecule has 9 nitrogen and oxygen atoms in total. The number of benzene rings is 3. The smallest absolute Gasteiger partial charge is 0.269 e. The molecule has 1 amide bonds. The van der Waals surface area contributed by atoms with Crippen LogP contribution < -0.4 is 19.1 Å². The van der Waals surface area contributed by atoms with Crippen LogP contribution in [0.1, 0.15) is 26.3 Å². The molecule has 0 saturated heterocycles. The molecular formula is C28H28N4O5S2. The van der Waals surface area contributed by atoms with Crippen molar-refractivity contribution in [2.75, 3.05) is 23.3 Å². The summed E-state index contributed by atoms with van der Waals surface area (Å²) in [4.78, 5) is 13.4. The number of nitrogens with one attached hydrogen (secondary N) is 1. The fourth-order valence-electron chi connectivity index (χ4n) is 4.11. The standard InChI is InChI=1S/C28H28N4O5S2/c1-28(2,3)19-12-15-23-22(16-19)32(39(34,35)21-8-6-5-7-9-21)17-24(37-23)25(33)29-27-31-30-26(38-27)18-10-13-20(36-4)14-11-18/h5-16,24H,17H2,1-4H3,(H,29,31,33)/t24-/m0/s1. The summed E-state index contributed by atoms with van der Waals surface area (Å²) >= 11 is 1.20. The lowest BCUT2D eigenvalue weighted by Gasteiger charge is -2.35. The third-order valence-corrected chi connectivity index (χ3v) is 8.99. The van der Waals surface area contributed by atoms with Crippen molar-refractivity contribution in [3.8, 4) is 22.1 Å². The van der Waals surface area contributed by atoms with Crippen LogP contribution in [-0.2, 0) is 20.2 Å². The molecule has 0 saturated carbocycles. The van der Waals surface area contributed by atoms with Gasteiger partial charge in [-0.2, -0.15) is 0 Å². The average molecular weight is 565 g/mol. The van der Waals surface area contributed by atoms with E-state index in [0.29, 0.717) is 16.4 Å². The summed E-state index contributed by atoms with van der Waals surface area (Å²) in [5, 5.41) is 11.9. The van der Waals surface area contributed by atoms with Crippen molar-refractivity contribution < 1.29 is 22.7 Å². The van der Waals surface area contributed by atoms with Crippen LogP contribution >= 0.6 is 11.3 Å². The van der Waals surface area contributed by atoms with Gasteiger partial charge in [0.2, 0.25) is 5.13 Å². The molecule has 0 bridgehead atoms. The van der Waals surface area contributed by atoms with Gasteiger partial charge in [0.25, 0.3) is 15.9 Å². The Morgan fingerprint density at radius 2 is 1.77 bits per heavy atom. The van der Waals surface area contributed by atoms with Gasteiger partial charge >= 0.3 is 0 Å². The van der Waals surface area contributed by atoms with Gasteiger partial charge in [-0.1, -0.05) is 56.4 Å². The number of anilines is 2. The van der Waals surface area contributed by atoms with Crippen LogP contribution in [0.5, 0.6) is 11.5 Å². The molecule has 1 aromatic heterocycles. The average Bonchev–Trinajstić information content (AvgIpc) is 3.40. The summed E-state index contributed by atoms with van der Waals surface area (Å²) in [6.45, 7) is 5.95. The van der Waals surface area contributed by atoms with Crippen molar-refractivity contribution in [3.63, 3.8) is 0 Å². The normalized spacial score (nSPS) is 15.3. The monoisotopic (exact) mass is 564 g/mol. The maximum absolute atomic E-state index is 13.8.